The van der Waals surface area contributed by atoms with Gasteiger partial charge in [0, 0.05) is 17.5 Å². The zero-order chi connectivity index (χ0) is 36.9. The molecule has 2 aromatic rings. The van der Waals surface area contributed by atoms with E-state index >= 15 is 0 Å². The highest BCUT2D eigenvalue weighted by Gasteiger charge is 2.44. The van der Waals surface area contributed by atoms with Gasteiger partial charge < -0.3 is 38.6 Å². The van der Waals surface area contributed by atoms with Crippen molar-refractivity contribution in [3.8, 4) is 46.0 Å². The summed E-state index contributed by atoms with van der Waals surface area (Å²) in [6, 6.07) is 3.17. The summed E-state index contributed by atoms with van der Waals surface area (Å²) in [6.07, 6.45) is 0. The molecule has 47 heavy (non-hydrogen) atoms. The normalized spacial score (nSPS) is 13.7. The zero-order valence-electron chi connectivity index (χ0n) is 33.0. The molecule has 0 saturated heterocycles. The number of benzene rings is 2. The Balaban J connectivity index is 3.39. The molecule has 0 atom stereocenters. The van der Waals surface area contributed by atoms with Crippen molar-refractivity contribution < 1.29 is 38.6 Å². The van der Waals surface area contributed by atoms with Gasteiger partial charge in [0.2, 0.25) is 11.5 Å². The van der Waals surface area contributed by atoms with E-state index in [0.717, 1.165) is 0 Å². The fourth-order valence-corrected chi connectivity index (χ4v) is 4.95. The van der Waals surface area contributed by atoms with Gasteiger partial charge in [-0.25, -0.2) is 0 Å². The van der Waals surface area contributed by atoms with Crippen molar-refractivity contribution in [2.24, 2.45) is 0 Å². The van der Waals surface area contributed by atoms with Crippen LogP contribution in [0.3, 0.4) is 0 Å². The van der Waals surface area contributed by atoms with Gasteiger partial charge in [0.15, 0.2) is 23.0 Å². The monoisotopic (exact) mass is 660 g/mol. The number of ether oxygens (including phenoxy) is 6. The lowest BCUT2D eigenvalue weighted by molar-refractivity contribution is 0.0827. The van der Waals surface area contributed by atoms with Crippen LogP contribution in [0.5, 0.6) is 46.0 Å². The molecule has 2 N–H and O–H groups in total. The molecule has 0 amide bonds. The molecular formula is C39H64O8. The molecule has 0 fully saturated rings. The summed E-state index contributed by atoms with van der Waals surface area (Å²) >= 11 is 0. The Morgan fingerprint density at radius 3 is 0.766 bits per heavy atom. The van der Waals surface area contributed by atoms with E-state index in [2.05, 4.69) is 0 Å². The van der Waals surface area contributed by atoms with Crippen LogP contribution in [0.4, 0.5) is 0 Å². The summed E-state index contributed by atoms with van der Waals surface area (Å²) < 4.78 is 39.6. The van der Waals surface area contributed by atoms with Crippen molar-refractivity contribution >= 4 is 0 Å². The second-order valence-electron chi connectivity index (χ2n) is 18.8. The Labute approximate surface area is 285 Å². The van der Waals surface area contributed by atoms with Crippen LogP contribution in [0.25, 0.3) is 0 Å². The maximum atomic E-state index is 11.5. The number of hydrogen-bond donors (Lipinski definition) is 2. The van der Waals surface area contributed by atoms with E-state index in [-0.39, 0.29) is 23.0 Å². The first-order chi connectivity index (χ1) is 20.6. The molecule has 0 unspecified atom stereocenters. The second kappa shape index (κ2) is 12.7. The van der Waals surface area contributed by atoms with Crippen LogP contribution in [0.2, 0.25) is 0 Å². The van der Waals surface area contributed by atoms with Crippen molar-refractivity contribution in [3.63, 3.8) is 0 Å². The molecule has 0 aromatic heterocycles. The molecule has 268 valence electrons. The van der Waals surface area contributed by atoms with Gasteiger partial charge in [-0.1, -0.05) is 13.8 Å². The van der Waals surface area contributed by atoms with E-state index in [4.69, 9.17) is 28.4 Å². The van der Waals surface area contributed by atoms with Crippen LogP contribution < -0.4 is 28.4 Å². The van der Waals surface area contributed by atoms with Crippen molar-refractivity contribution in [2.75, 3.05) is 0 Å². The summed E-state index contributed by atoms with van der Waals surface area (Å²) in [6.45, 7) is 38.9. The van der Waals surface area contributed by atoms with Crippen LogP contribution in [0, 0.1) is 0 Å². The predicted octanol–water partition coefficient (Wildman–Crippen LogP) is 10.5. The van der Waals surface area contributed by atoms with Gasteiger partial charge in [-0.3, -0.25) is 0 Å². The predicted molar refractivity (Wildman–Crippen MR) is 191 cm³/mol. The van der Waals surface area contributed by atoms with Gasteiger partial charge in [-0.05, 0) is 125 Å². The van der Waals surface area contributed by atoms with Crippen LogP contribution in [-0.4, -0.2) is 43.8 Å². The molecule has 0 aliphatic rings. The zero-order valence-corrected chi connectivity index (χ0v) is 33.0. The summed E-state index contributed by atoms with van der Waals surface area (Å²) in [4.78, 5) is 0. The maximum Gasteiger partial charge on any atom is 0.204 e. The molecular weight excluding hydrogens is 596 g/mol. The minimum Gasteiger partial charge on any atom is -0.504 e. The highest BCUT2D eigenvalue weighted by atomic mass is 16.6. The number of phenolic OH excluding ortho intramolecular Hbond substituents is 2. The Morgan fingerprint density at radius 2 is 0.553 bits per heavy atom. The van der Waals surface area contributed by atoms with Crippen LogP contribution >= 0.6 is 0 Å². The van der Waals surface area contributed by atoms with Gasteiger partial charge in [-0.15, -0.1) is 0 Å². The third-order valence-electron chi connectivity index (χ3n) is 6.08. The minimum atomic E-state index is -1.05. The number of phenols is 2. The smallest absolute Gasteiger partial charge is 0.204 e. The molecule has 0 aliphatic heterocycles. The first kappa shape index (κ1) is 40.0. The molecule has 8 heteroatoms. The molecule has 0 spiro atoms. The van der Waals surface area contributed by atoms with E-state index < -0.39 is 39.0 Å². The lowest BCUT2D eigenvalue weighted by atomic mass is 9.75. The standard InChI is InChI=1S/C39H64O8/c1-33(2,3)42-25-21-23(40)29(44-35(7,8)9)31(46-37(13,14)15)27(25)39(19,20)28-26(43-34(4,5)6)22-24(41)30(45-36(10,11)12)32(28)47-38(16,17)18/h21-22,40-41H,1-20H3. The lowest BCUT2D eigenvalue weighted by Crippen LogP contribution is -2.34. The van der Waals surface area contributed by atoms with Crippen LogP contribution in [0.15, 0.2) is 12.1 Å². The fraction of sp³-hybridized carbons (Fsp3) is 0.692. The average Bonchev–Trinajstić information content (AvgIpc) is 2.73. The minimum absolute atomic E-state index is 0.113. The van der Waals surface area contributed by atoms with Crippen LogP contribution in [0.1, 0.15) is 150 Å². The van der Waals surface area contributed by atoms with E-state index in [1.807, 2.05) is 138 Å². The molecule has 0 bridgehead atoms. The van der Waals surface area contributed by atoms with Gasteiger partial charge in [0.05, 0.1) is 11.1 Å². The number of hydrogen-bond acceptors (Lipinski definition) is 8. The van der Waals surface area contributed by atoms with E-state index in [0.29, 0.717) is 34.1 Å². The second-order valence-corrected chi connectivity index (χ2v) is 18.8. The average molecular weight is 661 g/mol. The van der Waals surface area contributed by atoms with E-state index in [9.17, 15) is 10.2 Å². The molecule has 0 radical (unpaired) electrons. The first-order valence-electron chi connectivity index (χ1n) is 16.6. The topological polar surface area (TPSA) is 95.8 Å². The Morgan fingerprint density at radius 1 is 0.340 bits per heavy atom. The van der Waals surface area contributed by atoms with Crippen molar-refractivity contribution in [1.82, 2.24) is 0 Å². The Bertz CT molecular complexity index is 1300. The molecule has 0 heterocycles. The van der Waals surface area contributed by atoms with Gasteiger partial charge in [-0.2, -0.15) is 0 Å². The van der Waals surface area contributed by atoms with Crippen molar-refractivity contribution in [3.05, 3.63) is 23.3 Å². The summed E-state index contributed by atoms with van der Waals surface area (Å²) in [7, 11) is 0. The van der Waals surface area contributed by atoms with Gasteiger partial charge >= 0.3 is 0 Å². The third kappa shape index (κ3) is 11.5. The van der Waals surface area contributed by atoms with Crippen LogP contribution in [-0.2, 0) is 5.41 Å². The molecule has 0 saturated carbocycles. The SMILES string of the molecule is CC(C)(C)Oc1cc(O)c(OC(C)(C)C)c(OC(C)(C)C)c1C(C)(C)c1c(OC(C)(C)C)cc(O)c(OC(C)(C)C)c1OC(C)(C)C. The quantitative estimate of drug-likeness (QED) is 0.289. The Kier molecular flexibility index (Phi) is 10.8. The largest absolute Gasteiger partial charge is 0.504 e. The maximum absolute atomic E-state index is 11.5. The highest BCUT2D eigenvalue weighted by Crippen LogP contribution is 2.59. The van der Waals surface area contributed by atoms with E-state index in [1.54, 1.807) is 12.1 Å². The van der Waals surface area contributed by atoms with E-state index in [1.165, 1.54) is 0 Å². The van der Waals surface area contributed by atoms with Gasteiger partial charge in [0.25, 0.3) is 0 Å². The molecule has 8 nitrogen and oxygen atoms in total. The molecule has 2 rings (SSSR count). The summed E-state index contributed by atoms with van der Waals surface area (Å²) in [5.41, 5.74) is -3.87. The molecule has 2 aromatic carbocycles. The lowest BCUT2D eigenvalue weighted by Gasteiger charge is -2.39. The van der Waals surface area contributed by atoms with Crippen molar-refractivity contribution in [1.29, 1.82) is 0 Å². The fourth-order valence-electron chi connectivity index (χ4n) is 4.95. The molecule has 0 aliphatic carbocycles. The highest BCUT2D eigenvalue weighted by molar-refractivity contribution is 5.71. The van der Waals surface area contributed by atoms with Gasteiger partial charge in [0.1, 0.15) is 45.1 Å². The number of aromatic hydroxyl groups is 2. The Hall–Kier alpha value is -3.16. The number of rotatable bonds is 8. The summed E-state index contributed by atoms with van der Waals surface area (Å²) in [5, 5.41) is 23.1. The summed E-state index contributed by atoms with van der Waals surface area (Å²) in [5.74, 6) is 1.61. The first-order valence-corrected chi connectivity index (χ1v) is 16.6. The third-order valence-corrected chi connectivity index (χ3v) is 6.08. The van der Waals surface area contributed by atoms with Crippen molar-refractivity contribution in [2.45, 2.75) is 177 Å².